The molecule has 0 fully saturated rings. The maximum Gasteiger partial charge on any atom is 0.154 e. The lowest BCUT2D eigenvalue weighted by atomic mass is 10.1. The third-order valence-electron chi connectivity index (χ3n) is 1.55. The molecular formula is C11H13BrO2. The fraction of sp³-hybridized carbons (Fsp3) is 0.364. The van der Waals surface area contributed by atoms with Crippen molar-refractivity contribution in [3.05, 3.63) is 28.2 Å². The molecule has 76 valence electrons. The average molecular weight is 257 g/mol. The summed E-state index contributed by atoms with van der Waals surface area (Å²) in [6, 6.07) is 5.46. The van der Waals surface area contributed by atoms with Gasteiger partial charge in [0.1, 0.15) is 11.4 Å². The Hall–Kier alpha value is -0.830. The van der Waals surface area contributed by atoms with Crippen LogP contribution in [-0.4, -0.2) is 11.9 Å². The first-order chi connectivity index (χ1) is 6.44. The van der Waals surface area contributed by atoms with Gasteiger partial charge in [-0.1, -0.05) is 6.07 Å². The van der Waals surface area contributed by atoms with E-state index in [-0.39, 0.29) is 5.60 Å². The van der Waals surface area contributed by atoms with Crippen molar-refractivity contribution in [2.24, 2.45) is 0 Å². The Morgan fingerprint density at radius 1 is 1.36 bits per heavy atom. The van der Waals surface area contributed by atoms with Gasteiger partial charge in [-0.05, 0) is 48.8 Å². The van der Waals surface area contributed by atoms with Gasteiger partial charge in [0, 0.05) is 4.47 Å². The van der Waals surface area contributed by atoms with E-state index in [4.69, 9.17) is 4.74 Å². The summed E-state index contributed by atoms with van der Waals surface area (Å²) >= 11 is 3.30. The fourth-order valence-corrected chi connectivity index (χ4v) is 1.49. The minimum absolute atomic E-state index is 0.293. The smallest absolute Gasteiger partial charge is 0.154 e. The van der Waals surface area contributed by atoms with Crippen molar-refractivity contribution < 1.29 is 9.53 Å². The zero-order valence-electron chi connectivity index (χ0n) is 8.50. The van der Waals surface area contributed by atoms with Gasteiger partial charge < -0.3 is 4.74 Å². The molecule has 0 N–H and O–H groups in total. The maximum absolute atomic E-state index is 10.8. The van der Waals surface area contributed by atoms with Crippen molar-refractivity contribution in [2.75, 3.05) is 0 Å². The highest BCUT2D eigenvalue weighted by atomic mass is 79.9. The number of rotatable bonds is 2. The Bertz CT molecular complexity index is 340. The summed E-state index contributed by atoms with van der Waals surface area (Å²) in [5, 5.41) is 0. The van der Waals surface area contributed by atoms with Gasteiger partial charge in [0.2, 0.25) is 0 Å². The van der Waals surface area contributed by atoms with Crippen LogP contribution in [0, 0.1) is 0 Å². The van der Waals surface area contributed by atoms with Gasteiger partial charge in [0.25, 0.3) is 0 Å². The third kappa shape index (κ3) is 2.84. The van der Waals surface area contributed by atoms with E-state index in [1.807, 2.05) is 32.9 Å². The standard InChI is InChI=1S/C11H13BrO2/c1-11(2,3)14-10-6-4-5-9(12)8(10)7-13/h4-7H,1-3H3. The Balaban J connectivity index is 3.08. The normalized spacial score (nSPS) is 11.1. The number of hydrogen-bond donors (Lipinski definition) is 0. The van der Waals surface area contributed by atoms with Crippen molar-refractivity contribution >= 4 is 22.2 Å². The highest BCUT2D eigenvalue weighted by Gasteiger charge is 2.15. The van der Waals surface area contributed by atoms with Crippen molar-refractivity contribution in [1.29, 1.82) is 0 Å². The Morgan fingerprint density at radius 2 is 2.00 bits per heavy atom. The zero-order chi connectivity index (χ0) is 10.8. The molecule has 1 rings (SSSR count). The van der Waals surface area contributed by atoms with Crippen LogP contribution in [0.2, 0.25) is 0 Å². The molecule has 2 nitrogen and oxygen atoms in total. The van der Waals surface area contributed by atoms with Gasteiger partial charge in [-0.3, -0.25) is 4.79 Å². The molecule has 0 heterocycles. The van der Waals surface area contributed by atoms with Gasteiger partial charge in [-0.25, -0.2) is 0 Å². The zero-order valence-corrected chi connectivity index (χ0v) is 10.1. The van der Waals surface area contributed by atoms with Gasteiger partial charge in [0.15, 0.2) is 6.29 Å². The van der Waals surface area contributed by atoms with Crippen LogP contribution in [0.4, 0.5) is 0 Å². The molecule has 1 aromatic carbocycles. The molecule has 0 unspecified atom stereocenters. The predicted molar refractivity (Wildman–Crippen MR) is 59.9 cm³/mol. The van der Waals surface area contributed by atoms with Crippen LogP contribution in [0.1, 0.15) is 31.1 Å². The van der Waals surface area contributed by atoms with Crippen LogP contribution >= 0.6 is 15.9 Å². The average Bonchev–Trinajstić information content (AvgIpc) is 2.01. The van der Waals surface area contributed by atoms with Crippen molar-refractivity contribution in [2.45, 2.75) is 26.4 Å². The number of aldehydes is 1. The number of hydrogen-bond acceptors (Lipinski definition) is 2. The van der Waals surface area contributed by atoms with Crippen molar-refractivity contribution in [1.82, 2.24) is 0 Å². The third-order valence-corrected chi connectivity index (χ3v) is 2.24. The summed E-state index contributed by atoms with van der Waals surface area (Å²) in [6.45, 7) is 5.84. The lowest BCUT2D eigenvalue weighted by Crippen LogP contribution is -2.23. The second-order valence-electron chi connectivity index (χ2n) is 3.98. The molecule has 0 amide bonds. The SMILES string of the molecule is CC(C)(C)Oc1cccc(Br)c1C=O. The molecule has 14 heavy (non-hydrogen) atoms. The summed E-state index contributed by atoms with van der Waals surface area (Å²) in [7, 11) is 0. The van der Waals surface area contributed by atoms with Crippen LogP contribution in [0.25, 0.3) is 0 Å². The van der Waals surface area contributed by atoms with E-state index in [1.54, 1.807) is 6.07 Å². The number of carbonyl (C=O) groups is 1. The Labute approximate surface area is 92.4 Å². The molecule has 0 aliphatic rings. The number of ether oxygens (including phenoxy) is 1. The number of carbonyl (C=O) groups excluding carboxylic acids is 1. The first-order valence-corrected chi connectivity index (χ1v) is 5.16. The largest absolute Gasteiger partial charge is 0.487 e. The molecule has 0 atom stereocenters. The second-order valence-corrected chi connectivity index (χ2v) is 4.84. The molecule has 3 heteroatoms. The Morgan fingerprint density at radius 3 is 2.50 bits per heavy atom. The Kier molecular flexibility index (Phi) is 3.32. The molecule has 0 aliphatic heterocycles. The second kappa shape index (κ2) is 4.13. The first kappa shape index (κ1) is 11.2. The van der Waals surface area contributed by atoms with E-state index in [0.29, 0.717) is 11.3 Å². The van der Waals surface area contributed by atoms with E-state index in [0.717, 1.165) is 10.8 Å². The van der Waals surface area contributed by atoms with E-state index in [1.165, 1.54) is 0 Å². The van der Waals surface area contributed by atoms with Crippen LogP contribution in [0.15, 0.2) is 22.7 Å². The summed E-state index contributed by atoms with van der Waals surface area (Å²) in [5.41, 5.74) is 0.265. The minimum Gasteiger partial charge on any atom is -0.487 e. The van der Waals surface area contributed by atoms with Gasteiger partial charge in [-0.2, -0.15) is 0 Å². The van der Waals surface area contributed by atoms with Crippen LogP contribution in [-0.2, 0) is 0 Å². The molecule has 0 bridgehead atoms. The predicted octanol–water partition coefficient (Wildman–Crippen LogP) is 3.44. The van der Waals surface area contributed by atoms with E-state index in [9.17, 15) is 4.79 Å². The summed E-state index contributed by atoms with van der Waals surface area (Å²) < 4.78 is 6.40. The van der Waals surface area contributed by atoms with E-state index in [2.05, 4.69) is 15.9 Å². The minimum atomic E-state index is -0.293. The monoisotopic (exact) mass is 256 g/mol. The van der Waals surface area contributed by atoms with E-state index >= 15 is 0 Å². The number of benzene rings is 1. The molecule has 0 spiro atoms. The maximum atomic E-state index is 10.8. The van der Waals surface area contributed by atoms with Gasteiger partial charge in [-0.15, -0.1) is 0 Å². The highest BCUT2D eigenvalue weighted by molar-refractivity contribution is 9.10. The highest BCUT2D eigenvalue weighted by Crippen LogP contribution is 2.27. The van der Waals surface area contributed by atoms with Crippen LogP contribution < -0.4 is 4.74 Å². The lowest BCUT2D eigenvalue weighted by Gasteiger charge is -2.22. The molecule has 1 aromatic rings. The van der Waals surface area contributed by atoms with Gasteiger partial charge in [0.05, 0.1) is 5.56 Å². The van der Waals surface area contributed by atoms with Crippen molar-refractivity contribution in [3.8, 4) is 5.75 Å². The van der Waals surface area contributed by atoms with Crippen molar-refractivity contribution in [3.63, 3.8) is 0 Å². The van der Waals surface area contributed by atoms with Gasteiger partial charge >= 0.3 is 0 Å². The van der Waals surface area contributed by atoms with Crippen LogP contribution in [0.3, 0.4) is 0 Å². The first-order valence-electron chi connectivity index (χ1n) is 4.37. The van der Waals surface area contributed by atoms with Crippen LogP contribution in [0.5, 0.6) is 5.75 Å². The summed E-state index contributed by atoms with van der Waals surface area (Å²) in [6.07, 6.45) is 0.797. The molecule has 0 saturated heterocycles. The van der Waals surface area contributed by atoms with E-state index < -0.39 is 0 Å². The molecular weight excluding hydrogens is 244 g/mol. The number of halogens is 1. The summed E-state index contributed by atoms with van der Waals surface area (Å²) in [4.78, 5) is 10.8. The molecule has 0 aliphatic carbocycles. The summed E-state index contributed by atoms with van der Waals surface area (Å²) in [5.74, 6) is 0.613. The quantitative estimate of drug-likeness (QED) is 0.758. The topological polar surface area (TPSA) is 26.3 Å². The lowest BCUT2D eigenvalue weighted by molar-refractivity contribution is 0.109. The molecule has 0 radical (unpaired) electrons. The molecule has 0 saturated carbocycles. The molecule has 0 aromatic heterocycles. The fourth-order valence-electron chi connectivity index (χ4n) is 1.05.